The Balaban J connectivity index is 1.86. The number of hydrogen-bond donors (Lipinski definition) is 1. The molecule has 0 aliphatic rings. The fourth-order valence-electron chi connectivity index (χ4n) is 3.58. The first kappa shape index (κ1) is 25.1. The van der Waals surface area contributed by atoms with Gasteiger partial charge in [0.1, 0.15) is 5.76 Å². The van der Waals surface area contributed by atoms with Gasteiger partial charge in [0.25, 0.3) is 5.91 Å². The lowest BCUT2D eigenvalue weighted by atomic mass is 10.1. The topological polar surface area (TPSA) is 82.4 Å². The van der Waals surface area contributed by atoms with Gasteiger partial charge >= 0.3 is 0 Å². The van der Waals surface area contributed by atoms with E-state index in [2.05, 4.69) is 24.4 Å². The van der Waals surface area contributed by atoms with E-state index in [1.54, 1.807) is 6.07 Å². The number of carboxylic acid groups (broad SMARTS) is 1. The number of quaternary nitrogens is 1. The molecule has 172 valence electrons. The van der Waals surface area contributed by atoms with Gasteiger partial charge in [-0.3, -0.25) is 4.79 Å². The SMILES string of the molecule is CCCCCCc1ccc(CCc2ccc(C(=O)N[C@H](CC(=O)[O-])C[N+](C)(C)C)o2)s1. The molecule has 0 aliphatic heterocycles. The summed E-state index contributed by atoms with van der Waals surface area (Å²) in [5, 5.41) is 13.8. The second-order valence-corrected chi connectivity index (χ2v) is 10.4. The molecule has 0 radical (unpaired) electrons. The zero-order valence-corrected chi connectivity index (χ0v) is 20.1. The Kier molecular flexibility index (Phi) is 9.78. The minimum atomic E-state index is -1.18. The van der Waals surface area contributed by atoms with Crippen molar-refractivity contribution in [3.05, 3.63) is 45.5 Å². The smallest absolute Gasteiger partial charge is 0.287 e. The van der Waals surface area contributed by atoms with Crippen molar-refractivity contribution in [3.63, 3.8) is 0 Å². The molecule has 0 unspecified atom stereocenters. The maximum Gasteiger partial charge on any atom is 0.287 e. The van der Waals surface area contributed by atoms with E-state index in [4.69, 9.17) is 4.42 Å². The van der Waals surface area contributed by atoms with Crippen LogP contribution >= 0.6 is 11.3 Å². The zero-order valence-electron chi connectivity index (χ0n) is 19.2. The minimum absolute atomic E-state index is 0.211. The van der Waals surface area contributed by atoms with Crippen LogP contribution in [0.25, 0.3) is 0 Å². The normalized spacial score (nSPS) is 12.6. The highest BCUT2D eigenvalue weighted by molar-refractivity contribution is 7.11. The van der Waals surface area contributed by atoms with E-state index in [9.17, 15) is 14.7 Å². The summed E-state index contributed by atoms with van der Waals surface area (Å²) in [6.07, 6.45) is 7.62. The standard InChI is InChI=1S/C24H36N2O4S/c1-5-6-7-8-9-20-13-14-21(31-20)12-10-19-11-15-22(30-19)24(29)25-18(16-23(27)28)17-26(2,3)4/h11,13-15,18H,5-10,12,16-17H2,1-4H3,(H-,25,27,28,29)/t18-/m1/s1. The number of aryl methyl sites for hydroxylation is 3. The lowest BCUT2D eigenvalue weighted by molar-refractivity contribution is -0.871. The predicted octanol–water partition coefficient (Wildman–Crippen LogP) is 3.19. The Hall–Kier alpha value is -2.12. The number of thiophene rings is 1. The van der Waals surface area contributed by atoms with E-state index >= 15 is 0 Å². The van der Waals surface area contributed by atoms with Crippen molar-refractivity contribution in [2.24, 2.45) is 0 Å². The first-order valence-electron chi connectivity index (χ1n) is 11.1. The van der Waals surface area contributed by atoms with Crippen molar-refractivity contribution in [1.82, 2.24) is 5.32 Å². The molecule has 6 nitrogen and oxygen atoms in total. The summed E-state index contributed by atoms with van der Waals surface area (Å²) in [6, 6.07) is 7.36. The van der Waals surface area contributed by atoms with Crippen molar-refractivity contribution in [2.75, 3.05) is 27.7 Å². The summed E-state index contributed by atoms with van der Waals surface area (Å²) in [7, 11) is 5.84. The number of carbonyl (C=O) groups is 2. The van der Waals surface area contributed by atoms with E-state index in [0.29, 0.717) is 11.0 Å². The molecule has 1 amide bonds. The van der Waals surface area contributed by atoms with E-state index in [-0.39, 0.29) is 12.2 Å². The first-order valence-corrected chi connectivity index (χ1v) is 12.0. The second-order valence-electron chi connectivity index (χ2n) is 9.16. The third-order valence-corrected chi connectivity index (χ3v) is 6.22. The highest BCUT2D eigenvalue weighted by Gasteiger charge is 2.22. The quantitative estimate of drug-likeness (QED) is 0.355. The molecule has 2 aromatic rings. The number of rotatable bonds is 14. The van der Waals surface area contributed by atoms with Gasteiger partial charge in [-0.15, -0.1) is 11.3 Å². The predicted molar refractivity (Wildman–Crippen MR) is 122 cm³/mol. The summed E-state index contributed by atoms with van der Waals surface area (Å²) in [6.45, 7) is 2.70. The number of likely N-dealkylation sites (N-methyl/N-ethyl adjacent to an activating group) is 1. The van der Waals surface area contributed by atoms with E-state index in [1.807, 2.05) is 38.5 Å². The molecule has 2 rings (SSSR count). The summed E-state index contributed by atoms with van der Waals surface area (Å²) >= 11 is 1.86. The zero-order chi connectivity index (χ0) is 22.9. The molecular weight excluding hydrogens is 412 g/mol. The van der Waals surface area contributed by atoms with E-state index in [1.165, 1.54) is 35.4 Å². The van der Waals surface area contributed by atoms with Gasteiger partial charge in [-0.2, -0.15) is 0 Å². The Bertz CT molecular complexity index is 835. The van der Waals surface area contributed by atoms with Gasteiger partial charge < -0.3 is 24.1 Å². The molecule has 0 spiro atoms. The van der Waals surface area contributed by atoms with Crippen LogP contribution in [0.5, 0.6) is 0 Å². The van der Waals surface area contributed by atoms with Gasteiger partial charge in [0.05, 0.1) is 33.7 Å². The molecule has 0 fully saturated rings. The Morgan fingerprint density at radius 1 is 1.03 bits per heavy atom. The van der Waals surface area contributed by atoms with Crippen molar-refractivity contribution in [1.29, 1.82) is 0 Å². The van der Waals surface area contributed by atoms with Crippen molar-refractivity contribution < 1.29 is 23.6 Å². The van der Waals surface area contributed by atoms with Crippen LogP contribution in [0, 0.1) is 0 Å². The fourth-order valence-corrected chi connectivity index (χ4v) is 4.64. The molecule has 1 atom stereocenters. The molecule has 31 heavy (non-hydrogen) atoms. The van der Waals surface area contributed by atoms with Crippen LogP contribution < -0.4 is 10.4 Å². The summed E-state index contributed by atoms with van der Waals surface area (Å²) < 4.78 is 6.26. The van der Waals surface area contributed by atoms with Gasteiger partial charge in [-0.1, -0.05) is 26.2 Å². The third kappa shape index (κ3) is 9.70. The highest BCUT2D eigenvalue weighted by atomic mass is 32.1. The molecule has 7 heteroatoms. The van der Waals surface area contributed by atoms with Gasteiger partial charge in [0.2, 0.25) is 0 Å². The van der Waals surface area contributed by atoms with Crippen LogP contribution in [-0.4, -0.2) is 50.1 Å². The van der Waals surface area contributed by atoms with E-state index in [0.717, 1.165) is 25.0 Å². The number of nitrogens with one attached hydrogen (secondary N) is 1. The molecule has 0 aromatic carbocycles. The van der Waals surface area contributed by atoms with Crippen molar-refractivity contribution >= 4 is 23.2 Å². The Labute approximate surface area is 189 Å². The van der Waals surface area contributed by atoms with Crippen LogP contribution in [-0.2, 0) is 24.1 Å². The number of amides is 1. The molecule has 0 aliphatic carbocycles. The second kappa shape index (κ2) is 12.1. The molecule has 0 saturated heterocycles. The van der Waals surface area contributed by atoms with Crippen LogP contribution in [0.2, 0.25) is 0 Å². The Morgan fingerprint density at radius 3 is 2.39 bits per heavy atom. The fraction of sp³-hybridized carbons (Fsp3) is 0.583. The van der Waals surface area contributed by atoms with Gasteiger partial charge in [-0.25, -0.2) is 0 Å². The summed E-state index contributed by atoms with van der Waals surface area (Å²) in [4.78, 5) is 26.3. The molecular formula is C24H36N2O4S. The van der Waals surface area contributed by atoms with Crippen LogP contribution in [0.1, 0.15) is 65.1 Å². The average molecular weight is 449 g/mol. The number of unbranched alkanes of at least 4 members (excludes halogenated alkanes) is 3. The lowest BCUT2D eigenvalue weighted by Crippen LogP contribution is -2.50. The number of furan rings is 1. The number of aliphatic carboxylic acids is 1. The van der Waals surface area contributed by atoms with Crippen molar-refractivity contribution in [3.8, 4) is 0 Å². The van der Waals surface area contributed by atoms with Gasteiger partial charge in [0, 0.05) is 28.6 Å². The van der Waals surface area contributed by atoms with Gasteiger partial charge in [0.15, 0.2) is 5.76 Å². The monoisotopic (exact) mass is 448 g/mol. The molecule has 0 saturated carbocycles. The van der Waals surface area contributed by atoms with Crippen LogP contribution in [0.15, 0.2) is 28.7 Å². The third-order valence-electron chi connectivity index (χ3n) is 5.01. The maximum absolute atomic E-state index is 12.5. The van der Waals surface area contributed by atoms with Crippen LogP contribution in [0.3, 0.4) is 0 Å². The molecule has 0 bridgehead atoms. The first-order chi connectivity index (χ1) is 14.7. The highest BCUT2D eigenvalue weighted by Crippen LogP contribution is 2.21. The average Bonchev–Trinajstić information content (AvgIpc) is 3.31. The number of carboxylic acids is 1. The molecule has 1 N–H and O–H groups in total. The molecule has 2 aromatic heterocycles. The maximum atomic E-state index is 12.5. The number of carbonyl (C=O) groups excluding carboxylic acids is 2. The minimum Gasteiger partial charge on any atom is -0.550 e. The van der Waals surface area contributed by atoms with E-state index < -0.39 is 17.9 Å². The van der Waals surface area contributed by atoms with Gasteiger partial charge in [-0.05, 0) is 43.5 Å². The lowest BCUT2D eigenvalue weighted by Gasteiger charge is -2.29. The van der Waals surface area contributed by atoms with Crippen molar-refractivity contribution in [2.45, 2.75) is 64.3 Å². The number of nitrogens with zero attached hydrogens (tertiary/aromatic N) is 1. The summed E-state index contributed by atoms with van der Waals surface area (Å²) in [5.41, 5.74) is 0. The molecule has 2 heterocycles. The summed E-state index contributed by atoms with van der Waals surface area (Å²) in [5.74, 6) is -0.607. The largest absolute Gasteiger partial charge is 0.550 e. The van der Waals surface area contributed by atoms with Crippen LogP contribution in [0.4, 0.5) is 0 Å². The number of hydrogen-bond acceptors (Lipinski definition) is 5. The Morgan fingerprint density at radius 2 is 1.74 bits per heavy atom.